The molecule has 0 saturated heterocycles. The molecule has 0 fully saturated rings. The molecule has 2 rings (SSSR count). The lowest BCUT2D eigenvalue weighted by molar-refractivity contribution is -0.134. The van der Waals surface area contributed by atoms with Crippen molar-refractivity contribution < 1.29 is 14.3 Å². The van der Waals surface area contributed by atoms with Gasteiger partial charge in [-0.3, -0.25) is 4.79 Å². The highest BCUT2D eigenvalue weighted by molar-refractivity contribution is 5.72. The van der Waals surface area contributed by atoms with Crippen LogP contribution in [0.5, 0.6) is 11.5 Å². The zero-order valence-corrected chi connectivity index (χ0v) is 13.2. The van der Waals surface area contributed by atoms with E-state index in [4.69, 9.17) is 9.47 Å². The average Bonchev–Trinajstić information content (AvgIpc) is 2.55. The number of carbonyl (C=O) groups excluding carboxylic acids is 1. The minimum absolute atomic E-state index is 0.210. The average molecular weight is 298 g/mol. The molecule has 0 atom stereocenters. The summed E-state index contributed by atoms with van der Waals surface area (Å²) in [5, 5.41) is 0. The maximum Gasteiger partial charge on any atom is 0.311 e. The van der Waals surface area contributed by atoms with Crippen LogP contribution in [-0.4, -0.2) is 12.6 Å². The topological polar surface area (TPSA) is 35.5 Å². The Kier molecular flexibility index (Phi) is 6.01. The minimum atomic E-state index is -0.210. The van der Waals surface area contributed by atoms with Crippen molar-refractivity contribution in [3.8, 4) is 11.5 Å². The predicted octanol–water partition coefficient (Wildman–Crippen LogP) is 4.19. The molecule has 0 aliphatic carbocycles. The molecule has 0 spiro atoms. The Bertz CT molecular complexity index is 585. The molecule has 0 aliphatic rings. The van der Waals surface area contributed by atoms with Crippen LogP contribution in [0.4, 0.5) is 0 Å². The molecule has 116 valence electrons. The van der Waals surface area contributed by atoms with Gasteiger partial charge in [0.25, 0.3) is 0 Å². The van der Waals surface area contributed by atoms with Gasteiger partial charge in [0.15, 0.2) is 0 Å². The molecule has 0 bridgehead atoms. The van der Waals surface area contributed by atoms with Crippen molar-refractivity contribution in [1.29, 1.82) is 0 Å². The molecule has 0 aromatic heterocycles. The Morgan fingerprint density at radius 1 is 0.864 bits per heavy atom. The number of ether oxygens (including phenoxy) is 2. The third-order valence-corrected chi connectivity index (χ3v) is 3.42. The van der Waals surface area contributed by atoms with Gasteiger partial charge in [0, 0.05) is 6.42 Å². The molecule has 0 unspecified atom stereocenters. The summed E-state index contributed by atoms with van der Waals surface area (Å²) in [6, 6.07) is 15.5. The Hall–Kier alpha value is -2.29. The normalized spacial score (nSPS) is 10.3. The van der Waals surface area contributed by atoms with E-state index in [1.807, 2.05) is 55.5 Å². The van der Waals surface area contributed by atoms with Crippen LogP contribution in [0.15, 0.2) is 48.5 Å². The minimum Gasteiger partial charge on any atom is -0.494 e. The van der Waals surface area contributed by atoms with Gasteiger partial charge in [-0.05, 0) is 55.2 Å². The van der Waals surface area contributed by atoms with Crippen molar-refractivity contribution in [2.24, 2.45) is 0 Å². The SMILES string of the molecule is CCOc1ccc(CCC(=O)Oc2ccc(CC)cc2)cc1. The van der Waals surface area contributed by atoms with E-state index in [-0.39, 0.29) is 5.97 Å². The van der Waals surface area contributed by atoms with Crippen molar-refractivity contribution in [3.05, 3.63) is 59.7 Å². The summed E-state index contributed by atoms with van der Waals surface area (Å²) in [5.74, 6) is 1.25. The summed E-state index contributed by atoms with van der Waals surface area (Å²) in [7, 11) is 0. The second-order valence-corrected chi connectivity index (χ2v) is 5.05. The molecule has 0 saturated carbocycles. The van der Waals surface area contributed by atoms with Gasteiger partial charge >= 0.3 is 5.97 Å². The predicted molar refractivity (Wildman–Crippen MR) is 87.4 cm³/mol. The van der Waals surface area contributed by atoms with Gasteiger partial charge in [-0.25, -0.2) is 0 Å². The van der Waals surface area contributed by atoms with Crippen molar-refractivity contribution in [2.75, 3.05) is 6.61 Å². The van der Waals surface area contributed by atoms with Crippen LogP contribution in [0.2, 0.25) is 0 Å². The number of aryl methyl sites for hydroxylation is 2. The third kappa shape index (κ3) is 4.92. The van der Waals surface area contributed by atoms with Crippen LogP contribution in [0, 0.1) is 0 Å². The van der Waals surface area contributed by atoms with Crippen molar-refractivity contribution in [1.82, 2.24) is 0 Å². The molecule has 3 heteroatoms. The molecule has 2 aromatic carbocycles. The number of benzene rings is 2. The van der Waals surface area contributed by atoms with E-state index in [9.17, 15) is 4.79 Å². The summed E-state index contributed by atoms with van der Waals surface area (Å²) in [6.45, 7) is 4.71. The van der Waals surface area contributed by atoms with Crippen molar-refractivity contribution in [3.63, 3.8) is 0 Å². The Morgan fingerprint density at radius 2 is 1.45 bits per heavy atom. The lowest BCUT2D eigenvalue weighted by Crippen LogP contribution is -2.09. The van der Waals surface area contributed by atoms with Crippen LogP contribution >= 0.6 is 0 Å². The van der Waals surface area contributed by atoms with Gasteiger partial charge in [0.05, 0.1) is 6.61 Å². The summed E-state index contributed by atoms with van der Waals surface area (Å²) in [5.41, 5.74) is 2.33. The summed E-state index contributed by atoms with van der Waals surface area (Å²) < 4.78 is 10.7. The third-order valence-electron chi connectivity index (χ3n) is 3.42. The fraction of sp³-hybridized carbons (Fsp3) is 0.316. The molecule has 2 aromatic rings. The Morgan fingerprint density at radius 3 is 2.05 bits per heavy atom. The van der Waals surface area contributed by atoms with Crippen molar-refractivity contribution >= 4 is 5.97 Å². The number of rotatable bonds is 7. The molecule has 3 nitrogen and oxygen atoms in total. The summed E-state index contributed by atoms with van der Waals surface area (Å²) in [4.78, 5) is 11.9. The molecule has 22 heavy (non-hydrogen) atoms. The standard InChI is InChI=1S/C19H22O3/c1-3-15-5-12-18(13-6-15)22-19(20)14-9-16-7-10-17(11-8-16)21-4-2/h5-8,10-13H,3-4,9,14H2,1-2H3. The largest absolute Gasteiger partial charge is 0.494 e. The quantitative estimate of drug-likeness (QED) is 0.568. The van der Waals surface area contributed by atoms with Gasteiger partial charge < -0.3 is 9.47 Å². The highest BCUT2D eigenvalue weighted by Gasteiger charge is 2.06. The van der Waals surface area contributed by atoms with E-state index in [1.54, 1.807) is 0 Å². The van der Waals surface area contributed by atoms with Crippen LogP contribution < -0.4 is 9.47 Å². The zero-order valence-electron chi connectivity index (χ0n) is 13.2. The highest BCUT2D eigenvalue weighted by atomic mass is 16.5. The highest BCUT2D eigenvalue weighted by Crippen LogP contribution is 2.15. The Labute approximate surface area is 131 Å². The summed E-state index contributed by atoms with van der Waals surface area (Å²) >= 11 is 0. The van der Waals surface area contributed by atoms with Crippen molar-refractivity contribution in [2.45, 2.75) is 33.1 Å². The molecule has 0 aliphatic heterocycles. The lowest BCUT2D eigenvalue weighted by Gasteiger charge is -2.06. The smallest absolute Gasteiger partial charge is 0.311 e. The molecule has 0 N–H and O–H groups in total. The molecular formula is C19H22O3. The number of carbonyl (C=O) groups is 1. The van der Waals surface area contributed by atoms with E-state index in [0.29, 0.717) is 25.2 Å². The van der Waals surface area contributed by atoms with Crippen LogP contribution in [0.25, 0.3) is 0 Å². The van der Waals surface area contributed by atoms with E-state index < -0.39 is 0 Å². The molecule has 0 heterocycles. The number of esters is 1. The number of hydrogen-bond donors (Lipinski definition) is 0. The monoisotopic (exact) mass is 298 g/mol. The van der Waals surface area contributed by atoms with E-state index in [2.05, 4.69) is 6.92 Å². The molecular weight excluding hydrogens is 276 g/mol. The number of hydrogen-bond acceptors (Lipinski definition) is 3. The Balaban J connectivity index is 1.81. The van der Waals surface area contributed by atoms with Gasteiger partial charge in [0.1, 0.15) is 11.5 Å². The first kappa shape index (κ1) is 16.1. The zero-order chi connectivity index (χ0) is 15.8. The fourth-order valence-corrected chi connectivity index (χ4v) is 2.14. The first-order valence-corrected chi connectivity index (χ1v) is 7.72. The van der Waals surface area contributed by atoms with Gasteiger partial charge in [0.2, 0.25) is 0 Å². The van der Waals surface area contributed by atoms with Crippen LogP contribution in [-0.2, 0) is 17.6 Å². The van der Waals surface area contributed by atoms with E-state index >= 15 is 0 Å². The maximum absolute atomic E-state index is 11.9. The van der Waals surface area contributed by atoms with Gasteiger partial charge in [-0.15, -0.1) is 0 Å². The first-order valence-electron chi connectivity index (χ1n) is 7.72. The lowest BCUT2D eigenvalue weighted by atomic mass is 10.1. The molecule has 0 radical (unpaired) electrons. The summed E-state index contributed by atoms with van der Waals surface area (Å²) in [6.07, 6.45) is 2.01. The van der Waals surface area contributed by atoms with Gasteiger partial charge in [-0.2, -0.15) is 0 Å². The maximum atomic E-state index is 11.9. The van der Waals surface area contributed by atoms with Crippen LogP contribution in [0.3, 0.4) is 0 Å². The van der Waals surface area contributed by atoms with Crippen LogP contribution in [0.1, 0.15) is 31.4 Å². The van der Waals surface area contributed by atoms with Gasteiger partial charge in [-0.1, -0.05) is 31.2 Å². The van der Waals surface area contributed by atoms with E-state index in [1.165, 1.54) is 5.56 Å². The molecule has 0 amide bonds. The second kappa shape index (κ2) is 8.23. The van der Waals surface area contributed by atoms with E-state index in [0.717, 1.165) is 17.7 Å². The second-order valence-electron chi connectivity index (χ2n) is 5.05. The fourth-order valence-electron chi connectivity index (χ4n) is 2.14. The first-order chi connectivity index (χ1) is 10.7.